The van der Waals surface area contributed by atoms with Gasteiger partial charge in [0.25, 0.3) is 0 Å². The van der Waals surface area contributed by atoms with Crippen LogP contribution in [0.25, 0.3) is 0 Å². The van der Waals surface area contributed by atoms with Gasteiger partial charge in [-0.3, -0.25) is 4.79 Å². The Bertz CT molecular complexity index is 430. The first-order valence-electron chi connectivity index (χ1n) is 7.45. The van der Waals surface area contributed by atoms with Crippen molar-refractivity contribution in [3.8, 4) is 0 Å². The lowest BCUT2D eigenvalue weighted by Gasteiger charge is -2.32. The minimum atomic E-state index is -6.35. The SMILES string of the molecule is CCC1CCC(C(=O)OCC(F)(F)C(F)(F)C(F)(F)C(F)F)CC1. The molecule has 0 amide bonds. The number of alkyl halides is 8. The van der Waals surface area contributed by atoms with Crippen LogP contribution in [0.3, 0.4) is 0 Å². The minimum Gasteiger partial charge on any atom is -0.459 e. The standard InChI is InChI=1S/C14H18F8O2/c1-2-8-3-5-9(6-4-8)10(23)24-7-12(17,18)14(21,22)13(19,20)11(15)16/h8-9,11H,2-7H2,1H3. The molecule has 0 aromatic heterocycles. The molecule has 24 heavy (non-hydrogen) atoms. The Morgan fingerprint density at radius 2 is 1.54 bits per heavy atom. The molecule has 1 rings (SSSR count). The molecule has 0 bridgehead atoms. The first-order valence-corrected chi connectivity index (χ1v) is 7.45. The molecular weight excluding hydrogens is 352 g/mol. The molecule has 1 aliphatic rings. The van der Waals surface area contributed by atoms with Gasteiger partial charge in [0.15, 0.2) is 6.61 Å². The van der Waals surface area contributed by atoms with Gasteiger partial charge in [-0.05, 0) is 31.6 Å². The predicted molar refractivity (Wildman–Crippen MR) is 67.5 cm³/mol. The number of halogens is 8. The van der Waals surface area contributed by atoms with Gasteiger partial charge < -0.3 is 4.74 Å². The van der Waals surface area contributed by atoms with Crippen LogP contribution in [0.4, 0.5) is 35.1 Å². The normalized spacial score (nSPS) is 23.4. The van der Waals surface area contributed by atoms with Gasteiger partial charge in [-0.2, -0.15) is 26.3 Å². The lowest BCUT2D eigenvalue weighted by molar-refractivity contribution is -0.344. The van der Waals surface area contributed by atoms with Crippen molar-refractivity contribution in [2.45, 2.75) is 63.2 Å². The molecule has 10 heteroatoms. The van der Waals surface area contributed by atoms with Gasteiger partial charge in [-0.1, -0.05) is 13.3 Å². The predicted octanol–water partition coefficient (Wildman–Crippen LogP) is 4.92. The Morgan fingerprint density at radius 1 is 1.04 bits per heavy atom. The second-order valence-corrected chi connectivity index (χ2v) is 5.94. The van der Waals surface area contributed by atoms with Crippen molar-refractivity contribution in [1.29, 1.82) is 0 Å². The van der Waals surface area contributed by atoms with E-state index in [0.717, 1.165) is 6.42 Å². The Kier molecular flexibility index (Phi) is 6.49. The van der Waals surface area contributed by atoms with Gasteiger partial charge >= 0.3 is 30.2 Å². The van der Waals surface area contributed by atoms with E-state index in [1.807, 2.05) is 6.92 Å². The van der Waals surface area contributed by atoms with Crippen LogP contribution < -0.4 is 0 Å². The van der Waals surface area contributed by atoms with E-state index in [4.69, 9.17) is 0 Å². The lowest BCUT2D eigenvalue weighted by atomic mass is 9.81. The Balaban J connectivity index is 2.66. The number of ether oxygens (including phenoxy) is 1. The molecule has 1 aliphatic carbocycles. The minimum absolute atomic E-state index is 0.312. The molecule has 142 valence electrons. The first kappa shape index (κ1) is 21.0. The maximum absolute atomic E-state index is 13.3. The highest BCUT2D eigenvalue weighted by atomic mass is 19.4. The molecule has 0 unspecified atom stereocenters. The van der Waals surface area contributed by atoms with Crippen molar-refractivity contribution >= 4 is 5.97 Å². The summed E-state index contributed by atoms with van der Waals surface area (Å²) in [5, 5.41) is 0. The number of hydrogen-bond donors (Lipinski definition) is 0. The molecule has 0 radical (unpaired) electrons. The van der Waals surface area contributed by atoms with Gasteiger partial charge in [0.2, 0.25) is 0 Å². The molecule has 0 atom stereocenters. The van der Waals surface area contributed by atoms with Gasteiger partial charge in [0.05, 0.1) is 5.92 Å². The van der Waals surface area contributed by atoms with E-state index in [2.05, 4.69) is 4.74 Å². The number of hydrogen-bond acceptors (Lipinski definition) is 2. The Morgan fingerprint density at radius 3 is 1.96 bits per heavy atom. The van der Waals surface area contributed by atoms with E-state index in [1.165, 1.54) is 0 Å². The summed E-state index contributed by atoms with van der Waals surface area (Å²) in [5.41, 5.74) is 0. The summed E-state index contributed by atoms with van der Waals surface area (Å²) in [6.07, 6.45) is -2.23. The maximum atomic E-state index is 13.3. The van der Waals surface area contributed by atoms with Crippen LogP contribution in [0.15, 0.2) is 0 Å². The molecule has 1 saturated carbocycles. The van der Waals surface area contributed by atoms with E-state index in [1.54, 1.807) is 0 Å². The van der Waals surface area contributed by atoms with Crippen LogP contribution in [0.2, 0.25) is 0 Å². The summed E-state index contributed by atoms with van der Waals surface area (Å²) in [4.78, 5) is 11.6. The molecule has 1 fully saturated rings. The fraction of sp³-hybridized carbons (Fsp3) is 0.929. The third-order valence-electron chi connectivity index (χ3n) is 4.31. The van der Waals surface area contributed by atoms with Crippen LogP contribution >= 0.6 is 0 Å². The zero-order chi connectivity index (χ0) is 18.8. The summed E-state index contributed by atoms with van der Waals surface area (Å²) in [6.45, 7) is -0.440. The molecule has 0 heterocycles. The van der Waals surface area contributed by atoms with Gasteiger partial charge in [-0.25, -0.2) is 8.78 Å². The Hall–Kier alpha value is -1.09. The first-order chi connectivity index (χ1) is 10.9. The summed E-state index contributed by atoms with van der Waals surface area (Å²) in [6, 6.07) is 0. The number of carbonyl (C=O) groups excluding carboxylic acids is 1. The highest BCUT2D eigenvalue weighted by Gasteiger charge is 2.75. The average Bonchev–Trinajstić information content (AvgIpc) is 2.52. The Labute approximate surface area is 133 Å². The highest BCUT2D eigenvalue weighted by Crippen LogP contribution is 2.48. The summed E-state index contributed by atoms with van der Waals surface area (Å²) < 4.78 is 106. The average molecular weight is 370 g/mol. The van der Waals surface area contributed by atoms with E-state index < -0.39 is 42.7 Å². The van der Waals surface area contributed by atoms with Gasteiger partial charge in [0, 0.05) is 0 Å². The molecule has 2 nitrogen and oxygen atoms in total. The summed E-state index contributed by atoms with van der Waals surface area (Å²) >= 11 is 0. The molecular formula is C14H18F8O2. The molecule has 0 saturated heterocycles. The largest absolute Gasteiger partial charge is 0.459 e. The smallest absolute Gasteiger partial charge is 0.381 e. The zero-order valence-electron chi connectivity index (χ0n) is 12.8. The van der Waals surface area contributed by atoms with Crippen molar-refractivity contribution in [1.82, 2.24) is 0 Å². The van der Waals surface area contributed by atoms with Gasteiger partial charge in [0.1, 0.15) is 0 Å². The second-order valence-electron chi connectivity index (χ2n) is 5.94. The quantitative estimate of drug-likeness (QED) is 0.470. The van der Waals surface area contributed by atoms with E-state index in [-0.39, 0.29) is 0 Å². The van der Waals surface area contributed by atoms with Crippen molar-refractivity contribution in [2.75, 3.05) is 6.61 Å². The van der Waals surface area contributed by atoms with Crippen molar-refractivity contribution in [3.63, 3.8) is 0 Å². The molecule has 0 aliphatic heterocycles. The van der Waals surface area contributed by atoms with Crippen LogP contribution in [0.1, 0.15) is 39.0 Å². The third kappa shape index (κ3) is 4.11. The lowest BCUT2D eigenvalue weighted by Crippen LogP contribution is -2.59. The highest BCUT2D eigenvalue weighted by molar-refractivity contribution is 5.72. The summed E-state index contributed by atoms with van der Waals surface area (Å²) in [7, 11) is 0. The van der Waals surface area contributed by atoms with E-state index >= 15 is 0 Å². The van der Waals surface area contributed by atoms with Crippen molar-refractivity contribution in [2.24, 2.45) is 11.8 Å². The molecule has 0 aromatic carbocycles. The topological polar surface area (TPSA) is 26.3 Å². The maximum Gasteiger partial charge on any atom is 0.381 e. The van der Waals surface area contributed by atoms with Crippen molar-refractivity contribution < 1.29 is 44.7 Å². The second kappa shape index (κ2) is 7.43. The number of carbonyl (C=O) groups is 1. The molecule has 0 aromatic rings. The van der Waals surface area contributed by atoms with Crippen LogP contribution in [0.5, 0.6) is 0 Å². The van der Waals surface area contributed by atoms with Crippen LogP contribution in [0, 0.1) is 11.8 Å². The van der Waals surface area contributed by atoms with E-state index in [0.29, 0.717) is 31.6 Å². The van der Waals surface area contributed by atoms with Crippen LogP contribution in [-0.2, 0) is 9.53 Å². The summed E-state index contributed by atoms with van der Waals surface area (Å²) in [5.74, 6) is -19.8. The zero-order valence-corrected chi connectivity index (χ0v) is 12.8. The number of esters is 1. The monoisotopic (exact) mass is 370 g/mol. The fourth-order valence-electron chi connectivity index (χ4n) is 2.56. The third-order valence-corrected chi connectivity index (χ3v) is 4.31. The molecule has 0 N–H and O–H groups in total. The van der Waals surface area contributed by atoms with Crippen molar-refractivity contribution in [3.05, 3.63) is 0 Å². The van der Waals surface area contributed by atoms with Gasteiger partial charge in [-0.15, -0.1) is 0 Å². The fourth-order valence-corrected chi connectivity index (χ4v) is 2.56. The number of rotatable bonds is 7. The van der Waals surface area contributed by atoms with Crippen LogP contribution in [-0.4, -0.2) is 36.8 Å². The molecule has 0 spiro atoms. The van der Waals surface area contributed by atoms with E-state index in [9.17, 15) is 39.9 Å².